The first-order chi connectivity index (χ1) is 20.0. The van der Waals surface area contributed by atoms with Crippen LogP contribution < -0.4 is 0 Å². The average molecular weight is 598 g/mol. The Labute approximate surface area is 245 Å². The standard InChI is InChI=1S/C30H35N3O8S/c1-5-31-20(3)26(29(34)40-6-2)28(23-16-10-11-17-24(23)33(36)37)27(21(31)4)30(35)41-32-19-13-12-18-25(32)42(38,39)22-14-8-7-9-15-22/h7-11,14-17,25,28H,5-6,12-13,18-19H2,1-4H3. The van der Waals surface area contributed by atoms with E-state index in [2.05, 4.69) is 0 Å². The van der Waals surface area contributed by atoms with Crippen molar-refractivity contribution in [1.82, 2.24) is 9.96 Å². The van der Waals surface area contributed by atoms with Gasteiger partial charge in [-0.1, -0.05) is 36.4 Å². The number of nitrogens with zero attached hydrogens (tertiary/aromatic N) is 3. The van der Waals surface area contributed by atoms with Crippen molar-refractivity contribution >= 4 is 27.5 Å². The number of allylic oxidation sites excluding steroid dienone is 2. The maximum Gasteiger partial charge on any atom is 0.355 e. The molecule has 2 heterocycles. The van der Waals surface area contributed by atoms with Gasteiger partial charge in [-0.05, 0) is 59.1 Å². The summed E-state index contributed by atoms with van der Waals surface area (Å²) < 4.78 is 32.5. The molecule has 11 nitrogen and oxygen atoms in total. The smallest absolute Gasteiger partial charge is 0.355 e. The Hall–Kier alpha value is -4.03. The number of benzene rings is 2. The zero-order valence-corrected chi connectivity index (χ0v) is 24.9. The van der Waals surface area contributed by atoms with Gasteiger partial charge in [0.15, 0.2) is 15.2 Å². The van der Waals surface area contributed by atoms with Gasteiger partial charge < -0.3 is 14.5 Å². The molecule has 2 aromatic rings. The Morgan fingerprint density at radius 1 is 0.952 bits per heavy atom. The monoisotopic (exact) mass is 597 g/mol. The van der Waals surface area contributed by atoms with E-state index in [4.69, 9.17) is 9.57 Å². The first-order valence-electron chi connectivity index (χ1n) is 13.9. The highest BCUT2D eigenvalue weighted by Gasteiger charge is 2.45. The number of hydrogen-bond acceptors (Lipinski definition) is 10. The number of carbonyl (C=O) groups excluding carboxylic acids is 2. The third kappa shape index (κ3) is 5.82. The Bertz CT molecular complexity index is 1530. The number of carbonyl (C=O) groups is 2. The van der Waals surface area contributed by atoms with Crippen molar-refractivity contribution in [3.05, 3.63) is 92.8 Å². The van der Waals surface area contributed by atoms with Gasteiger partial charge in [0.2, 0.25) is 0 Å². The molecule has 0 saturated carbocycles. The largest absolute Gasteiger partial charge is 0.463 e. The molecule has 0 aromatic heterocycles. The third-order valence-corrected chi connectivity index (χ3v) is 9.79. The summed E-state index contributed by atoms with van der Waals surface area (Å²) in [5.74, 6) is -2.79. The minimum absolute atomic E-state index is 0.00114. The van der Waals surface area contributed by atoms with Gasteiger partial charge in [0.25, 0.3) is 5.69 Å². The molecular formula is C30H35N3O8S. The number of nitro benzene ring substituents is 1. The van der Waals surface area contributed by atoms with E-state index in [-0.39, 0.29) is 46.9 Å². The lowest BCUT2D eigenvalue weighted by atomic mass is 9.79. The zero-order valence-electron chi connectivity index (χ0n) is 24.1. The van der Waals surface area contributed by atoms with Gasteiger partial charge in [-0.25, -0.2) is 18.0 Å². The van der Waals surface area contributed by atoms with E-state index in [1.807, 2.05) is 6.92 Å². The molecule has 0 aliphatic carbocycles. The van der Waals surface area contributed by atoms with Gasteiger partial charge in [0, 0.05) is 36.1 Å². The number of para-hydroxylation sites is 1. The Morgan fingerprint density at radius 3 is 2.19 bits per heavy atom. The molecule has 224 valence electrons. The van der Waals surface area contributed by atoms with Crippen LogP contribution in [0.2, 0.25) is 0 Å². The van der Waals surface area contributed by atoms with Crippen LogP contribution in [-0.2, 0) is 29.0 Å². The van der Waals surface area contributed by atoms with Gasteiger partial charge >= 0.3 is 11.9 Å². The van der Waals surface area contributed by atoms with E-state index < -0.39 is 38.0 Å². The Balaban J connectivity index is 1.84. The third-order valence-electron chi connectivity index (χ3n) is 7.67. The molecule has 1 fully saturated rings. The Morgan fingerprint density at radius 2 is 1.57 bits per heavy atom. The van der Waals surface area contributed by atoms with Gasteiger partial charge in [-0.3, -0.25) is 10.1 Å². The van der Waals surface area contributed by atoms with Crippen molar-refractivity contribution in [1.29, 1.82) is 0 Å². The summed E-state index contributed by atoms with van der Waals surface area (Å²) in [4.78, 5) is 46.8. The fourth-order valence-corrected chi connectivity index (χ4v) is 7.53. The summed E-state index contributed by atoms with van der Waals surface area (Å²) in [6.07, 6.45) is 1.49. The molecule has 42 heavy (non-hydrogen) atoms. The lowest BCUT2D eigenvalue weighted by molar-refractivity contribution is -0.385. The minimum Gasteiger partial charge on any atom is -0.463 e. The van der Waals surface area contributed by atoms with Crippen molar-refractivity contribution < 1.29 is 32.5 Å². The topological polar surface area (TPSA) is 136 Å². The van der Waals surface area contributed by atoms with Crippen molar-refractivity contribution in [3.63, 3.8) is 0 Å². The van der Waals surface area contributed by atoms with Crippen LogP contribution in [0.5, 0.6) is 0 Å². The summed E-state index contributed by atoms with van der Waals surface area (Å²) in [7, 11) is -3.89. The highest BCUT2D eigenvalue weighted by atomic mass is 32.2. The molecule has 2 aliphatic rings. The van der Waals surface area contributed by atoms with E-state index in [9.17, 15) is 28.1 Å². The normalized spacial score (nSPS) is 20.0. The molecular weight excluding hydrogens is 562 g/mol. The Kier molecular flexibility index (Phi) is 9.47. The molecule has 0 amide bonds. The number of esters is 1. The van der Waals surface area contributed by atoms with Crippen molar-refractivity contribution in [2.75, 3.05) is 19.7 Å². The summed E-state index contributed by atoms with van der Waals surface area (Å²) in [5, 5.41) is 12.2. The molecule has 2 aliphatic heterocycles. The van der Waals surface area contributed by atoms with E-state index in [0.717, 1.165) is 0 Å². The molecule has 2 atom stereocenters. The van der Waals surface area contributed by atoms with E-state index >= 15 is 0 Å². The van der Waals surface area contributed by atoms with Crippen molar-refractivity contribution in [2.45, 2.75) is 63.1 Å². The summed E-state index contributed by atoms with van der Waals surface area (Å²) in [5.41, 5.74) is 0.868. The van der Waals surface area contributed by atoms with E-state index in [1.165, 1.54) is 35.4 Å². The van der Waals surface area contributed by atoms with Crippen LogP contribution in [0.25, 0.3) is 0 Å². The fourth-order valence-electron chi connectivity index (χ4n) is 5.74. The molecule has 1 saturated heterocycles. The maximum atomic E-state index is 14.2. The second kappa shape index (κ2) is 12.9. The second-order valence-electron chi connectivity index (χ2n) is 10.0. The van der Waals surface area contributed by atoms with Crippen LogP contribution in [0.1, 0.15) is 58.4 Å². The number of nitro groups is 1. The van der Waals surface area contributed by atoms with Gasteiger partial charge in [0.1, 0.15) is 0 Å². The highest BCUT2D eigenvalue weighted by molar-refractivity contribution is 7.92. The molecule has 0 bridgehead atoms. The van der Waals surface area contributed by atoms with Crippen LogP contribution in [-0.4, -0.2) is 60.3 Å². The molecule has 2 unspecified atom stereocenters. The van der Waals surface area contributed by atoms with Crippen LogP contribution in [0.3, 0.4) is 0 Å². The molecule has 0 spiro atoms. The molecule has 4 rings (SSSR count). The van der Waals surface area contributed by atoms with Crippen LogP contribution in [0, 0.1) is 10.1 Å². The summed E-state index contributed by atoms with van der Waals surface area (Å²) in [6, 6.07) is 13.9. The minimum atomic E-state index is -3.89. The van der Waals surface area contributed by atoms with Crippen LogP contribution in [0.15, 0.2) is 82.0 Å². The highest BCUT2D eigenvalue weighted by Crippen LogP contribution is 2.45. The van der Waals surface area contributed by atoms with Gasteiger partial charge in [-0.15, -0.1) is 5.06 Å². The number of ether oxygens (including phenoxy) is 1. The number of piperidine rings is 1. The lowest BCUT2D eigenvalue weighted by Gasteiger charge is -2.38. The molecule has 2 aromatic carbocycles. The quantitative estimate of drug-likeness (QED) is 0.224. The van der Waals surface area contributed by atoms with Gasteiger partial charge in [-0.2, -0.15) is 0 Å². The predicted octanol–water partition coefficient (Wildman–Crippen LogP) is 4.87. The average Bonchev–Trinajstić information content (AvgIpc) is 2.97. The van der Waals surface area contributed by atoms with Crippen molar-refractivity contribution in [2.24, 2.45) is 0 Å². The number of rotatable bonds is 9. The number of hydrogen-bond donors (Lipinski definition) is 0. The first kappa shape index (κ1) is 30.9. The fraction of sp³-hybridized carbons (Fsp3) is 0.400. The molecule has 0 radical (unpaired) electrons. The summed E-state index contributed by atoms with van der Waals surface area (Å²) in [6.45, 7) is 7.50. The lowest BCUT2D eigenvalue weighted by Crippen LogP contribution is -2.46. The van der Waals surface area contributed by atoms with Crippen LogP contribution >= 0.6 is 0 Å². The van der Waals surface area contributed by atoms with E-state index in [1.54, 1.807) is 49.9 Å². The second-order valence-corrected chi connectivity index (χ2v) is 12.1. The number of hydroxylamine groups is 2. The SMILES string of the molecule is CCOC(=O)C1=C(C)N(CC)C(C)=C(C(=O)ON2CCCCC2S(=O)(=O)c2ccccc2)C1c1ccccc1[N+](=O)[O-]. The first-order valence-corrected chi connectivity index (χ1v) is 15.5. The maximum absolute atomic E-state index is 14.2. The molecule has 0 N–H and O–H groups in total. The predicted molar refractivity (Wildman–Crippen MR) is 154 cm³/mol. The summed E-state index contributed by atoms with van der Waals surface area (Å²) >= 11 is 0. The van der Waals surface area contributed by atoms with E-state index in [0.29, 0.717) is 30.8 Å². The number of sulfone groups is 1. The zero-order chi connectivity index (χ0) is 30.6. The van der Waals surface area contributed by atoms with Crippen LogP contribution in [0.4, 0.5) is 5.69 Å². The molecule has 12 heteroatoms. The van der Waals surface area contributed by atoms with Gasteiger partial charge in [0.05, 0.1) is 33.5 Å². The van der Waals surface area contributed by atoms with Crippen molar-refractivity contribution in [3.8, 4) is 0 Å².